The van der Waals surface area contributed by atoms with Crippen LogP contribution in [0.25, 0.3) is 0 Å². The van der Waals surface area contributed by atoms with E-state index in [1.807, 2.05) is 14.0 Å². The van der Waals surface area contributed by atoms with Crippen molar-refractivity contribution in [3.05, 3.63) is 26.8 Å². The molecule has 0 unspecified atom stereocenters. The summed E-state index contributed by atoms with van der Waals surface area (Å²) in [7, 11) is 1.90. The van der Waals surface area contributed by atoms with Gasteiger partial charge in [-0.1, -0.05) is 0 Å². The zero-order valence-electron chi connectivity index (χ0n) is 8.38. The van der Waals surface area contributed by atoms with Crippen LogP contribution >= 0.6 is 15.9 Å². The minimum Gasteiger partial charge on any atom is -0.320 e. The quantitative estimate of drug-likeness (QED) is 0.819. The predicted octanol–water partition coefficient (Wildman–Crippen LogP) is 0.924. The SMILES string of the molecule is CNCCCn1c(C)ncc(Br)c1=O. The first-order chi connectivity index (χ1) is 6.66. The van der Waals surface area contributed by atoms with Crippen LogP contribution < -0.4 is 10.9 Å². The van der Waals surface area contributed by atoms with Crippen LogP contribution in [-0.4, -0.2) is 23.1 Å². The van der Waals surface area contributed by atoms with E-state index in [0.717, 1.165) is 18.8 Å². The van der Waals surface area contributed by atoms with Crippen LogP contribution in [0, 0.1) is 6.92 Å². The number of aryl methyl sites for hydroxylation is 1. The first kappa shape index (κ1) is 11.4. The van der Waals surface area contributed by atoms with Gasteiger partial charge in [0.1, 0.15) is 10.3 Å². The number of aromatic nitrogens is 2. The van der Waals surface area contributed by atoms with Gasteiger partial charge in [0.25, 0.3) is 5.56 Å². The normalized spacial score (nSPS) is 10.5. The predicted molar refractivity (Wildman–Crippen MR) is 59.5 cm³/mol. The Kier molecular flexibility index (Phi) is 4.28. The summed E-state index contributed by atoms with van der Waals surface area (Å²) in [5.41, 5.74) is -0.00592. The van der Waals surface area contributed by atoms with E-state index in [1.54, 1.807) is 10.8 Å². The summed E-state index contributed by atoms with van der Waals surface area (Å²) < 4.78 is 2.20. The van der Waals surface area contributed by atoms with Gasteiger partial charge in [0, 0.05) is 12.7 Å². The fourth-order valence-corrected chi connectivity index (χ4v) is 1.54. The number of nitrogens with one attached hydrogen (secondary N) is 1. The third-order valence-corrected chi connectivity index (χ3v) is 2.56. The van der Waals surface area contributed by atoms with E-state index in [9.17, 15) is 4.79 Å². The van der Waals surface area contributed by atoms with E-state index in [4.69, 9.17) is 0 Å². The van der Waals surface area contributed by atoms with Crippen LogP contribution in [-0.2, 0) is 6.54 Å². The molecular weight excluding hydrogens is 246 g/mol. The lowest BCUT2D eigenvalue weighted by Crippen LogP contribution is -2.25. The summed E-state index contributed by atoms with van der Waals surface area (Å²) in [6.45, 7) is 3.45. The molecule has 1 N–H and O–H groups in total. The van der Waals surface area contributed by atoms with Crippen LogP contribution in [0.15, 0.2) is 15.5 Å². The van der Waals surface area contributed by atoms with Gasteiger partial charge in [-0.3, -0.25) is 9.36 Å². The maximum Gasteiger partial charge on any atom is 0.267 e. The molecule has 0 fully saturated rings. The highest BCUT2D eigenvalue weighted by Crippen LogP contribution is 2.01. The van der Waals surface area contributed by atoms with Gasteiger partial charge in [0.2, 0.25) is 0 Å². The molecule has 0 saturated heterocycles. The summed E-state index contributed by atoms with van der Waals surface area (Å²) >= 11 is 3.18. The molecule has 0 atom stereocenters. The van der Waals surface area contributed by atoms with E-state index < -0.39 is 0 Å². The van der Waals surface area contributed by atoms with Gasteiger partial charge in [-0.05, 0) is 42.9 Å². The Bertz CT molecular complexity index is 362. The maximum atomic E-state index is 11.6. The van der Waals surface area contributed by atoms with E-state index >= 15 is 0 Å². The molecule has 14 heavy (non-hydrogen) atoms. The summed E-state index contributed by atoms with van der Waals surface area (Å²) in [4.78, 5) is 15.8. The molecule has 1 aromatic rings. The lowest BCUT2D eigenvalue weighted by Gasteiger charge is -2.08. The molecule has 1 rings (SSSR count). The van der Waals surface area contributed by atoms with Crippen LogP contribution in [0.1, 0.15) is 12.2 Å². The molecule has 0 aliphatic rings. The summed E-state index contributed by atoms with van der Waals surface area (Å²) in [5.74, 6) is 0.759. The first-order valence-corrected chi connectivity index (χ1v) is 5.32. The average Bonchev–Trinajstić information content (AvgIpc) is 2.18. The average molecular weight is 260 g/mol. The first-order valence-electron chi connectivity index (χ1n) is 4.53. The Hall–Kier alpha value is -0.680. The van der Waals surface area contributed by atoms with Gasteiger partial charge in [-0.2, -0.15) is 0 Å². The van der Waals surface area contributed by atoms with Crippen molar-refractivity contribution in [2.24, 2.45) is 0 Å². The van der Waals surface area contributed by atoms with Gasteiger partial charge in [0.15, 0.2) is 0 Å². The van der Waals surface area contributed by atoms with Gasteiger partial charge in [0.05, 0.1) is 0 Å². The lowest BCUT2D eigenvalue weighted by atomic mass is 10.4. The molecule has 0 spiro atoms. The fourth-order valence-electron chi connectivity index (χ4n) is 1.23. The van der Waals surface area contributed by atoms with Crippen molar-refractivity contribution >= 4 is 15.9 Å². The highest BCUT2D eigenvalue weighted by molar-refractivity contribution is 9.10. The highest BCUT2D eigenvalue weighted by Gasteiger charge is 2.04. The Morgan fingerprint density at radius 3 is 3.00 bits per heavy atom. The highest BCUT2D eigenvalue weighted by atomic mass is 79.9. The molecule has 0 bridgehead atoms. The molecule has 0 aliphatic carbocycles. The van der Waals surface area contributed by atoms with Gasteiger partial charge in [-0.25, -0.2) is 4.98 Å². The molecule has 1 heterocycles. The number of rotatable bonds is 4. The second-order valence-corrected chi connectivity index (χ2v) is 3.92. The lowest BCUT2D eigenvalue weighted by molar-refractivity contribution is 0.572. The standard InChI is InChI=1S/C9H14BrN3O/c1-7-12-6-8(10)9(14)13(7)5-3-4-11-2/h6,11H,3-5H2,1-2H3. The molecule has 0 aromatic carbocycles. The Morgan fingerprint density at radius 2 is 2.36 bits per heavy atom. The van der Waals surface area contributed by atoms with Crippen LogP contribution in [0.3, 0.4) is 0 Å². The molecule has 0 aliphatic heterocycles. The molecule has 1 aromatic heterocycles. The largest absolute Gasteiger partial charge is 0.320 e. The minimum atomic E-state index is -0.00592. The van der Waals surface area contributed by atoms with Crippen molar-refractivity contribution in [2.75, 3.05) is 13.6 Å². The zero-order valence-corrected chi connectivity index (χ0v) is 9.97. The number of halogens is 1. The monoisotopic (exact) mass is 259 g/mol. The minimum absolute atomic E-state index is 0.00592. The van der Waals surface area contributed by atoms with Crippen LogP contribution in [0.2, 0.25) is 0 Å². The molecule has 0 amide bonds. The topological polar surface area (TPSA) is 46.9 Å². The second-order valence-electron chi connectivity index (χ2n) is 3.07. The van der Waals surface area contributed by atoms with Crippen molar-refractivity contribution in [1.29, 1.82) is 0 Å². The van der Waals surface area contributed by atoms with E-state index in [1.165, 1.54) is 0 Å². The molecule has 0 saturated carbocycles. The smallest absolute Gasteiger partial charge is 0.267 e. The van der Waals surface area contributed by atoms with Crippen molar-refractivity contribution in [3.63, 3.8) is 0 Å². The Balaban J connectivity index is 2.84. The Labute approximate surface area is 91.5 Å². The van der Waals surface area contributed by atoms with Gasteiger partial charge >= 0.3 is 0 Å². The van der Waals surface area contributed by atoms with E-state index in [2.05, 4.69) is 26.2 Å². The van der Waals surface area contributed by atoms with E-state index in [0.29, 0.717) is 11.0 Å². The number of nitrogens with zero attached hydrogens (tertiary/aromatic N) is 2. The molecule has 0 radical (unpaired) electrons. The second kappa shape index (κ2) is 5.26. The fraction of sp³-hybridized carbons (Fsp3) is 0.556. The van der Waals surface area contributed by atoms with Crippen molar-refractivity contribution < 1.29 is 0 Å². The zero-order chi connectivity index (χ0) is 10.6. The summed E-state index contributed by atoms with van der Waals surface area (Å²) in [6.07, 6.45) is 2.47. The Morgan fingerprint density at radius 1 is 1.64 bits per heavy atom. The third-order valence-electron chi connectivity index (χ3n) is 2.01. The molecular formula is C9H14BrN3O. The third kappa shape index (κ3) is 2.65. The van der Waals surface area contributed by atoms with Gasteiger partial charge < -0.3 is 5.32 Å². The van der Waals surface area contributed by atoms with Crippen LogP contribution in [0.5, 0.6) is 0 Å². The maximum absolute atomic E-state index is 11.6. The molecule has 4 nitrogen and oxygen atoms in total. The van der Waals surface area contributed by atoms with E-state index in [-0.39, 0.29) is 5.56 Å². The molecule has 78 valence electrons. The number of hydrogen-bond donors (Lipinski definition) is 1. The van der Waals surface area contributed by atoms with Gasteiger partial charge in [-0.15, -0.1) is 0 Å². The summed E-state index contributed by atoms with van der Waals surface area (Å²) in [5, 5.41) is 3.04. The van der Waals surface area contributed by atoms with Crippen molar-refractivity contribution in [2.45, 2.75) is 19.9 Å². The van der Waals surface area contributed by atoms with Crippen molar-refractivity contribution in [1.82, 2.24) is 14.9 Å². The van der Waals surface area contributed by atoms with Crippen LogP contribution in [0.4, 0.5) is 0 Å². The summed E-state index contributed by atoms with van der Waals surface area (Å²) in [6, 6.07) is 0. The molecule has 5 heteroatoms. The van der Waals surface area contributed by atoms with Crippen molar-refractivity contribution in [3.8, 4) is 0 Å². The number of hydrogen-bond acceptors (Lipinski definition) is 3.